The van der Waals surface area contributed by atoms with Gasteiger partial charge < -0.3 is 10.6 Å². The predicted octanol–water partition coefficient (Wildman–Crippen LogP) is 0.978. The summed E-state index contributed by atoms with van der Waals surface area (Å²) in [5.74, 6) is 1.07. The van der Waals surface area contributed by atoms with Gasteiger partial charge in [-0.2, -0.15) is 0 Å². The zero-order valence-corrected chi connectivity index (χ0v) is 11.4. The van der Waals surface area contributed by atoms with Gasteiger partial charge in [-0.1, -0.05) is 25.7 Å². The van der Waals surface area contributed by atoms with E-state index in [2.05, 4.69) is 15.5 Å². The first kappa shape index (κ1) is 13.8. The number of carbonyl (C=O) groups excluding carboxylic acids is 1. The van der Waals surface area contributed by atoms with Gasteiger partial charge in [0.15, 0.2) is 0 Å². The van der Waals surface area contributed by atoms with Crippen LogP contribution in [0.25, 0.3) is 0 Å². The summed E-state index contributed by atoms with van der Waals surface area (Å²) >= 11 is 0. The molecule has 1 saturated carbocycles. The molecule has 2 N–H and O–H groups in total. The van der Waals surface area contributed by atoms with Crippen LogP contribution in [0.2, 0.25) is 0 Å². The quantitative estimate of drug-likeness (QED) is 0.767. The lowest BCUT2D eigenvalue weighted by atomic mass is 10.0. The molecule has 4 heteroatoms. The molecule has 104 valence electrons. The zero-order chi connectivity index (χ0) is 12.6. The molecule has 4 nitrogen and oxygen atoms in total. The second kappa shape index (κ2) is 7.74. The van der Waals surface area contributed by atoms with Gasteiger partial charge in [0.05, 0.1) is 6.54 Å². The van der Waals surface area contributed by atoms with Crippen LogP contribution in [0, 0.1) is 5.92 Å². The van der Waals surface area contributed by atoms with Crippen molar-refractivity contribution in [3.8, 4) is 0 Å². The van der Waals surface area contributed by atoms with E-state index in [0.29, 0.717) is 6.54 Å². The third-order valence-corrected chi connectivity index (χ3v) is 4.15. The number of hydrogen-bond acceptors (Lipinski definition) is 3. The van der Waals surface area contributed by atoms with Gasteiger partial charge in [0.2, 0.25) is 5.91 Å². The van der Waals surface area contributed by atoms with Gasteiger partial charge in [0.25, 0.3) is 0 Å². The molecule has 1 amide bonds. The van der Waals surface area contributed by atoms with Gasteiger partial charge in [-0.15, -0.1) is 0 Å². The smallest absolute Gasteiger partial charge is 0.234 e. The lowest BCUT2D eigenvalue weighted by Gasteiger charge is -2.19. The molecule has 2 rings (SSSR count). The lowest BCUT2D eigenvalue weighted by Crippen LogP contribution is -2.39. The summed E-state index contributed by atoms with van der Waals surface area (Å²) in [7, 11) is 0. The summed E-state index contributed by atoms with van der Waals surface area (Å²) in [4.78, 5) is 14.1. The molecule has 2 aliphatic rings. The summed E-state index contributed by atoms with van der Waals surface area (Å²) in [6.45, 7) is 5.58. The number of nitrogens with zero attached hydrogens (tertiary/aromatic N) is 1. The number of rotatable bonds is 5. The van der Waals surface area contributed by atoms with E-state index in [1.165, 1.54) is 32.1 Å². The summed E-state index contributed by atoms with van der Waals surface area (Å²) in [5.41, 5.74) is 0. The van der Waals surface area contributed by atoms with E-state index in [1.807, 2.05) is 0 Å². The summed E-state index contributed by atoms with van der Waals surface area (Å²) < 4.78 is 0. The van der Waals surface area contributed by atoms with Crippen molar-refractivity contribution in [3.63, 3.8) is 0 Å². The minimum Gasteiger partial charge on any atom is -0.355 e. The predicted molar refractivity (Wildman–Crippen MR) is 73.5 cm³/mol. The van der Waals surface area contributed by atoms with Crippen LogP contribution in [-0.2, 0) is 4.79 Å². The third kappa shape index (κ3) is 4.94. The fourth-order valence-electron chi connectivity index (χ4n) is 3.03. The maximum Gasteiger partial charge on any atom is 0.234 e. The van der Waals surface area contributed by atoms with Gasteiger partial charge in [0, 0.05) is 19.6 Å². The lowest BCUT2D eigenvalue weighted by molar-refractivity contribution is -0.122. The molecule has 1 saturated heterocycles. The molecule has 0 unspecified atom stereocenters. The average molecular weight is 253 g/mol. The molecule has 0 aromatic carbocycles. The van der Waals surface area contributed by atoms with Crippen LogP contribution in [0.3, 0.4) is 0 Å². The molecule has 0 atom stereocenters. The molecule has 0 bridgehead atoms. The average Bonchev–Trinajstić information content (AvgIpc) is 2.74. The van der Waals surface area contributed by atoms with Crippen LogP contribution in [0.15, 0.2) is 0 Å². The Morgan fingerprint density at radius 3 is 2.83 bits per heavy atom. The molecule has 1 heterocycles. The van der Waals surface area contributed by atoms with Gasteiger partial charge >= 0.3 is 0 Å². The van der Waals surface area contributed by atoms with Crippen molar-refractivity contribution in [2.45, 2.75) is 38.5 Å². The summed E-state index contributed by atoms with van der Waals surface area (Å²) in [6.07, 6.45) is 7.84. The van der Waals surface area contributed by atoms with E-state index in [-0.39, 0.29) is 5.91 Å². The molecule has 0 aromatic heterocycles. The van der Waals surface area contributed by atoms with E-state index in [4.69, 9.17) is 0 Å². The van der Waals surface area contributed by atoms with Gasteiger partial charge in [-0.25, -0.2) is 0 Å². The Kier molecular flexibility index (Phi) is 5.94. The van der Waals surface area contributed by atoms with E-state index in [0.717, 1.165) is 45.1 Å². The van der Waals surface area contributed by atoms with Gasteiger partial charge in [-0.3, -0.25) is 9.69 Å². The van der Waals surface area contributed by atoms with Crippen molar-refractivity contribution >= 4 is 5.91 Å². The van der Waals surface area contributed by atoms with Crippen molar-refractivity contribution < 1.29 is 4.79 Å². The zero-order valence-electron chi connectivity index (χ0n) is 11.4. The van der Waals surface area contributed by atoms with Crippen molar-refractivity contribution in [2.75, 3.05) is 39.3 Å². The minimum absolute atomic E-state index is 0.204. The summed E-state index contributed by atoms with van der Waals surface area (Å²) in [6, 6.07) is 0. The first-order valence-corrected chi connectivity index (χ1v) is 7.54. The fourth-order valence-corrected chi connectivity index (χ4v) is 3.03. The molecule has 1 aliphatic carbocycles. The van der Waals surface area contributed by atoms with Crippen molar-refractivity contribution in [1.82, 2.24) is 15.5 Å². The molecular weight excluding hydrogens is 226 g/mol. The topological polar surface area (TPSA) is 44.4 Å². The van der Waals surface area contributed by atoms with Crippen LogP contribution in [0.5, 0.6) is 0 Å². The monoisotopic (exact) mass is 253 g/mol. The first-order valence-electron chi connectivity index (χ1n) is 7.54. The maximum atomic E-state index is 11.8. The van der Waals surface area contributed by atoms with E-state index in [1.54, 1.807) is 0 Å². The highest BCUT2D eigenvalue weighted by Crippen LogP contribution is 2.26. The highest BCUT2D eigenvalue weighted by Gasteiger charge is 2.16. The fraction of sp³-hybridized carbons (Fsp3) is 0.929. The molecule has 18 heavy (non-hydrogen) atoms. The minimum atomic E-state index is 0.204. The SMILES string of the molecule is O=C(CN1CCCNCC1)NCCC1CCCC1. The van der Waals surface area contributed by atoms with Crippen molar-refractivity contribution in [2.24, 2.45) is 5.92 Å². The van der Waals surface area contributed by atoms with E-state index >= 15 is 0 Å². The third-order valence-electron chi connectivity index (χ3n) is 4.15. The highest BCUT2D eigenvalue weighted by molar-refractivity contribution is 5.77. The van der Waals surface area contributed by atoms with Crippen LogP contribution in [0.4, 0.5) is 0 Å². The Bertz CT molecular complexity index is 243. The number of hydrogen-bond donors (Lipinski definition) is 2. The Morgan fingerprint density at radius 2 is 2.00 bits per heavy atom. The van der Waals surface area contributed by atoms with Gasteiger partial charge in [0.1, 0.15) is 0 Å². The van der Waals surface area contributed by atoms with E-state index < -0.39 is 0 Å². The molecule has 0 radical (unpaired) electrons. The Hall–Kier alpha value is -0.610. The van der Waals surface area contributed by atoms with Crippen molar-refractivity contribution in [1.29, 1.82) is 0 Å². The standard InChI is InChI=1S/C14H27N3O/c18-14(12-17-10-3-7-15-9-11-17)16-8-6-13-4-1-2-5-13/h13,15H,1-12H2,(H,16,18). The number of nitrogens with one attached hydrogen (secondary N) is 2. The highest BCUT2D eigenvalue weighted by atomic mass is 16.2. The summed E-state index contributed by atoms with van der Waals surface area (Å²) in [5, 5.41) is 6.43. The van der Waals surface area contributed by atoms with Crippen LogP contribution >= 0.6 is 0 Å². The normalized spacial score (nSPS) is 22.9. The number of carbonyl (C=O) groups is 1. The second-order valence-electron chi connectivity index (χ2n) is 5.67. The van der Waals surface area contributed by atoms with Crippen LogP contribution in [-0.4, -0.2) is 50.1 Å². The van der Waals surface area contributed by atoms with E-state index in [9.17, 15) is 4.79 Å². The maximum absolute atomic E-state index is 11.8. The molecule has 2 fully saturated rings. The molecule has 0 spiro atoms. The second-order valence-corrected chi connectivity index (χ2v) is 5.67. The van der Waals surface area contributed by atoms with Gasteiger partial charge in [-0.05, 0) is 31.8 Å². The Balaban J connectivity index is 1.56. The number of amides is 1. The first-order chi connectivity index (χ1) is 8.84. The van der Waals surface area contributed by atoms with Crippen molar-refractivity contribution in [3.05, 3.63) is 0 Å². The molecule has 0 aromatic rings. The Labute approximate surface area is 110 Å². The largest absolute Gasteiger partial charge is 0.355 e. The Morgan fingerprint density at radius 1 is 1.17 bits per heavy atom. The van der Waals surface area contributed by atoms with Crippen LogP contribution < -0.4 is 10.6 Å². The van der Waals surface area contributed by atoms with Crippen LogP contribution in [0.1, 0.15) is 38.5 Å². The molecule has 1 aliphatic heterocycles. The molecular formula is C14H27N3O.